The Kier molecular flexibility index (Phi) is 11.4. The largest absolute Gasteiger partial charge is 0.484 e. The first-order valence-corrected chi connectivity index (χ1v) is 8.51. The van der Waals surface area contributed by atoms with E-state index in [1.54, 1.807) is 0 Å². The molecular formula is C17H25ClF3N3O5. The van der Waals surface area contributed by atoms with Crippen LogP contribution in [0.25, 0.3) is 0 Å². The fourth-order valence-electron chi connectivity index (χ4n) is 2.63. The van der Waals surface area contributed by atoms with Gasteiger partial charge in [0.25, 0.3) is 11.8 Å². The van der Waals surface area contributed by atoms with Crippen molar-refractivity contribution in [1.29, 1.82) is 0 Å². The Labute approximate surface area is 172 Å². The Bertz CT molecular complexity index is 670. The maximum absolute atomic E-state index is 12.5. The first-order valence-electron chi connectivity index (χ1n) is 8.51. The van der Waals surface area contributed by atoms with Crippen LogP contribution in [0.5, 0.6) is 11.5 Å². The van der Waals surface area contributed by atoms with Crippen LogP contribution in [0, 0.1) is 0 Å². The highest BCUT2D eigenvalue weighted by atomic mass is 35.5. The zero-order valence-electron chi connectivity index (χ0n) is 15.5. The molecule has 0 aromatic heterocycles. The number of carbonyl (C=O) groups is 2. The second-order valence-corrected chi connectivity index (χ2v) is 6.17. The minimum Gasteiger partial charge on any atom is -0.484 e. The lowest BCUT2D eigenvalue weighted by Crippen LogP contribution is -2.43. The normalized spacial score (nSPS) is 16.0. The summed E-state index contributed by atoms with van der Waals surface area (Å²) in [7, 11) is 0. The third-order valence-electron chi connectivity index (χ3n) is 3.89. The lowest BCUT2D eigenvalue weighted by atomic mass is 10.0. The van der Waals surface area contributed by atoms with E-state index in [1.165, 1.54) is 12.1 Å². The van der Waals surface area contributed by atoms with E-state index < -0.39 is 31.2 Å². The van der Waals surface area contributed by atoms with Crippen LogP contribution in [0.1, 0.15) is 29.6 Å². The molecule has 8 nitrogen and oxygen atoms in total. The highest BCUT2D eigenvalue weighted by Gasteiger charge is 2.28. The summed E-state index contributed by atoms with van der Waals surface area (Å²) in [4.78, 5) is 23.4. The second-order valence-electron chi connectivity index (χ2n) is 6.17. The van der Waals surface area contributed by atoms with Crippen LogP contribution in [0.3, 0.4) is 0 Å². The van der Waals surface area contributed by atoms with Crippen LogP contribution in [0.4, 0.5) is 13.2 Å². The number of halogens is 4. The first-order chi connectivity index (χ1) is 12.7. The zero-order chi connectivity index (χ0) is 19.9. The average Bonchev–Trinajstić information content (AvgIpc) is 2.63. The van der Waals surface area contributed by atoms with E-state index in [1.807, 2.05) is 0 Å². The van der Waals surface area contributed by atoms with Gasteiger partial charge in [0.2, 0.25) is 0 Å². The molecule has 2 amide bonds. The van der Waals surface area contributed by atoms with Crippen LogP contribution in [-0.2, 0) is 4.79 Å². The van der Waals surface area contributed by atoms with Crippen LogP contribution < -0.4 is 25.8 Å². The number of benzene rings is 1. The molecule has 1 atom stereocenters. The monoisotopic (exact) mass is 443 g/mol. The van der Waals surface area contributed by atoms with Crippen LogP contribution >= 0.6 is 12.4 Å². The Hall–Kier alpha value is -2.24. The minimum absolute atomic E-state index is 0. The van der Waals surface area contributed by atoms with Crippen molar-refractivity contribution < 1.29 is 37.7 Å². The average molecular weight is 444 g/mol. The topological polar surface area (TPSA) is 134 Å². The number of primary amides is 1. The summed E-state index contributed by atoms with van der Waals surface area (Å²) in [6, 6.07) is 3.76. The summed E-state index contributed by atoms with van der Waals surface area (Å²) < 4.78 is 46.8. The Morgan fingerprint density at radius 3 is 2.55 bits per heavy atom. The van der Waals surface area contributed by atoms with Crippen LogP contribution in [0.15, 0.2) is 18.2 Å². The number of carbonyl (C=O) groups excluding carboxylic acids is 2. The smallest absolute Gasteiger partial charge is 0.422 e. The van der Waals surface area contributed by atoms with Gasteiger partial charge in [-0.3, -0.25) is 9.59 Å². The summed E-state index contributed by atoms with van der Waals surface area (Å²) >= 11 is 0. The van der Waals surface area contributed by atoms with Crippen LogP contribution in [0.2, 0.25) is 0 Å². The number of amides is 2. The van der Waals surface area contributed by atoms with Crippen molar-refractivity contribution in [1.82, 2.24) is 10.6 Å². The molecule has 1 aromatic carbocycles. The summed E-state index contributed by atoms with van der Waals surface area (Å²) in [5, 5.41) is 5.99. The highest BCUT2D eigenvalue weighted by molar-refractivity contribution is 5.97. The molecule has 0 radical (unpaired) electrons. The third kappa shape index (κ3) is 9.68. The highest BCUT2D eigenvalue weighted by Crippen LogP contribution is 2.26. The van der Waals surface area contributed by atoms with E-state index in [2.05, 4.69) is 15.4 Å². The maximum Gasteiger partial charge on any atom is 0.422 e. The Balaban J connectivity index is 0.00000392. The van der Waals surface area contributed by atoms with Crippen molar-refractivity contribution in [3.05, 3.63) is 23.8 Å². The van der Waals surface area contributed by atoms with E-state index in [0.29, 0.717) is 6.54 Å². The quantitative estimate of drug-likeness (QED) is 0.550. The van der Waals surface area contributed by atoms with Gasteiger partial charge in [0.05, 0.1) is 5.56 Å². The van der Waals surface area contributed by atoms with Gasteiger partial charge in [-0.15, -0.1) is 12.4 Å². The molecule has 29 heavy (non-hydrogen) atoms. The molecule has 1 aliphatic heterocycles. The molecule has 6 N–H and O–H groups in total. The number of nitrogens with one attached hydrogen (secondary N) is 2. The number of rotatable bonds is 8. The number of hydrogen-bond donors (Lipinski definition) is 3. The second kappa shape index (κ2) is 12.3. The summed E-state index contributed by atoms with van der Waals surface area (Å²) in [5.41, 5.74) is 4.99. The first kappa shape index (κ1) is 26.8. The van der Waals surface area contributed by atoms with Gasteiger partial charge in [-0.2, -0.15) is 13.2 Å². The molecule has 0 aliphatic carbocycles. The zero-order valence-corrected chi connectivity index (χ0v) is 16.3. The molecule has 2 rings (SSSR count). The molecule has 1 fully saturated rings. The van der Waals surface area contributed by atoms with Gasteiger partial charge < -0.3 is 31.3 Å². The maximum atomic E-state index is 12.5. The predicted octanol–water partition coefficient (Wildman–Crippen LogP) is 0.961. The van der Waals surface area contributed by atoms with Crippen molar-refractivity contribution in [2.75, 3.05) is 26.3 Å². The van der Waals surface area contributed by atoms with E-state index >= 15 is 0 Å². The molecule has 1 heterocycles. The molecule has 0 bridgehead atoms. The van der Waals surface area contributed by atoms with E-state index in [9.17, 15) is 22.8 Å². The van der Waals surface area contributed by atoms with Gasteiger partial charge in [-0.05, 0) is 37.6 Å². The molecule has 1 saturated heterocycles. The van der Waals surface area contributed by atoms with Gasteiger partial charge in [-0.25, -0.2) is 0 Å². The molecule has 12 heteroatoms. The van der Waals surface area contributed by atoms with Gasteiger partial charge in [-0.1, -0.05) is 6.42 Å². The molecule has 166 valence electrons. The fraction of sp³-hybridized carbons (Fsp3) is 0.529. The summed E-state index contributed by atoms with van der Waals surface area (Å²) in [6.07, 6.45) is -1.45. The number of hydrogen-bond acceptors (Lipinski definition) is 5. The van der Waals surface area contributed by atoms with Gasteiger partial charge in [0.15, 0.2) is 13.2 Å². The lowest BCUT2D eigenvalue weighted by Gasteiger charge is -2.23. The molecule has 0 saturated carbocycles. The fourth-order valence-corrected chi connectivity index (χ4v) is 2.63. The molecular weight excluding hydrogens is 419 g/mol. The molecule has 1 unspecified atom stereocenters. The standard InChI is InChI=1S/C17H22F3N3O4.ClH.H2O/c18-17(19,20)10-27-12-4-5-14(26-9-15(21)24)13(7-12)16(25)23-8-11-3-1-2-6-22-11;;/h4-5,7,11,22H,1-3,6,8-10H2,(H2,21,24)(H,23,25);1H;1H2. The molecule has 1 aromatic rings. The minimum atomic E-state index is -4.50. The molecule has 1 aliphatic rings. The predicted molar refractivity (Wildman–Crippen MR) is 102 cm³/mol. The SMILES string of the molecule is Cl.NC(=O)COc1ccc(OCC(F)(F)F)cc1C(=O)NCC1CCCCN1.O. The van der Waals surface area contributed by atoms with E-state index in [4.69, 9.17) is 10.5 Å². The number of alkyl halides is 3. The summed E-state index contributed by atoms with van der Waals surface area (Å²) in [6.45, 7) is -0.717. The number of nitrogens with two attached hydrogens (primary N) is 1. The van der Waals surface area contributed by atoms with Crippen molar-refractivity contribution in [2.24, 2.45) is 5.73 Å². The van der Waals surface area contributed by atoms with Crippen molar-refractivity contribution in [3.63, 3.8) is 0 Å². The molecule has 0 spiro atoms. The lowest BCUT2D eigenvalue weighted by molar-refractivity contribution is -0.153. The Morgan fingerprint density at radius 1 is 1.24 bits per heavy atom. The van der Waals surface area contributed by atoms with Gasteiger partial charge >= 0.3 is 6.18 Å². The van der Waals surface area contributed by atoms with Crippen molar-refractivity contribution >= 4 is 24.2 Å². The number of piperidine rings is 1. The van der Waals surface area contributed by atoms with Gasteiger partial charge in [0, 0.05) is 12.6 Å². The van der Waals surface area contributed by atoms with Crippen molar-refractivity contribution in [2.45, 2.75) is 31.5 Å². The van der Waals surface area contributed by atoms with Gasteiger partial charge in [0.1, 0.15) is 11.5 Å². The third-order valence-corrected chi connectivity index (χ3v) is 3.89. The number of ether oxygens (including phenoxy) is 2. The van der Waals surface area contributed by atoms with E-state index in [-0.39, 0.29) is 41.0 Å². The van der Waals surface area contributed by atoms with Crippen molar-refractivity contribution in [3.8, 4) is 11.5 Å². The Morgan fingerprint density at radius 2 is 1.97 bits per heavy atom. The van der Waals surface area contributed by atoms with Crippen LogP contribution in [-0.4, -0.2) is 55.8 Å². The van der Waals surface area contributed by atoms with E-state index in [0.717, 1.165) is 31.9 Å². The summed E-state index contributed by atoms with van der Waals surface area (Å²) in [5.74, 6) is -1.40.